The molecule has 2 atom stereocenters. The number of hydrogen-bond donors (Lipinski definition) is 1. The summed E-state index contributed by atoms with van der Waals surface area (Å²) in [7, 11) is 0. The van der Waals surface area contributed by atoms with Gasteiger partial charge in [-0.1, -0.05) is 6.92 Å². The van der Waals surface area contributed by atoms with Crippen molar-refractivity contribution < 1.29 is 9.47 Å². The minimum absolute atomic E-state index is 0.391. The first-order chi connectivity index (χ1) is 18.5. The highest BCUT2D eigenvalue weighted by atomic mass is 32.1. The van der Waals surface area contributed by atoms with E-state index in [4.69, 9.17) is 9.47 Å². The molecular formula is C29H34N6O2S. The fourth-order valence-electron chi connectivity index (χ4n) is 5.51. The molecule has 1 saturated heterocycles. The van der Waals surface area contributed by atoms with Crippen molar-refractivity contribution in [1.29, 1.82) is 0 Å². The van der Waals surface area contributed by atoms with E-state index in [0.29, 0.717) is 12.1 Å². The van der Waals surface area contributed by atoms with Crippen LogP contribution in [0.2, 0.25) is 0 Å². The van der Waals surface area contributed by atoms with Gasteiger partial charge in [0.1, 0.15) is 28.5 Å². The maximum Gasteiger partial charge on any atom is 0.145 e. The molecule has 9 heteroatoms. The summed E-state index contributed by atoms with van der Waals surface area (Å²) in [4.78, 5) is 21.2. The molecule has 2 aliphatic heterocycles. The molecule has 3 aromatic heterocycles. The standard InChI is InChI=1S/C29H34N6O2S/c1-18-13-22(6-8-24(18)37-23-7-5-20(3)30-14-23)33-28-27-26-19(2)15-35(21(4)34-9-11-36-12-10-34)16-25(26)38-29(27)32-17-31-28/h5-8,13-14,17,19,21H,9-12,15-16H2,1-4H3,(H,31,32,33)/t19-,21?/m0/s1. The van der Waals surface area contributed by atoms with Crippen LogP contribution in [0.15, 0.2) is 42.9 Å². The van der Waals surface area contributed by atoms with E-state index < -0.39 is 0 Å². The number of morpholine rings is 1. The Hall–Kier alpha value is -3.11. The summed E-state index contributed by atoms with van der Waals surface area (Å²) in [5.41, 5.74) is 4.37. The first-order valence-electron chi connectivity index (χ1n) is 13.3. The van der Waals surface area contributed by atoms with Crippen LogP contribution >= 0.6 is 11.3 Å². The number of aryl methyl sites for hydroxylation is 2. The van der Waals surface area contributed by atoms with Crippen molar-refractivity contribution in [2.75, 3.05) is 38.2 Å². The van der Waals surface area contributed by atoms with Crippen molar-refractivity contribution in [3.05, 3.63) is 64.6 Å². The zero-order valence-electron chi connectivity index (χ0n) is 22.4. The third-order valence-electron chi connectivity index (χ3n) is 7.60. The zero-order chi connectivity index (χ0) is 26.2. The summed E-state index contributed by atoms with van der Waals surface area (Å²) in [6.07, 6.45) is 3.81. The van der Waals surface area contributed by atoms with Crippen LogP contribution < -0.4 is 10.1 Å². The molecule has 4 aromatic rings. The van der Waals surface area contributed by atoms with Gasteiger partial charge in [-0.2, -0.15) is 0 Å². The SMILES string of the molecule is Cc1ccc(Oc2ccc(Nc3ncnc4sc5c(c34)[C@@H](C)CN(C(C)N3CCOCC3)C5)cc2C)cn1. The number of benzene rings is 1. The molecular weight excluding hydrogens is 496 g/mol. The molecule has 1 N–H and O–H groups in total. The van der Waals surface area contributed by atoms with Gasteiger partial charge in [-0.3, -0.25) is 14.8 Å². The normalized spacial score (nSPS) is 19.3. The molecule has 0 radical (unpaired) electrons. The van der Waals surface area contributed by atoms with E-state index >= 15 is 0 Å². The number of nitrogens with one attached hydrogen (secondary N) is 1. The second-order valence-corrected chi connectivity index (χ2v) is 11.4. The quantitative estimate of drug-likeness (QED) is 0.333. The van der Waals surface area contributed by atoms with Crippen molar-refractivity contribution in [2.45, 2.75) is 46.3 Å². The van der Waals surface area contributed by atoms with Crippen molar-refractivity contribution in [3.63, 3.8) is 0 Å². The summed E-state index contributed by atoms with van der Waals surface area (Å²) >= 11 is 1.80. The number of fused-ring (bicyclic) bond motifs is 3. The van der Waals surface area contributed by atoms with Crippen LogP contribution in [0, 0.1) is 13.8 Å². The topological polar surface area (TPSA) is 75.6 Å². The lowest BCUT2D eigenvalue weighted by molar-refractivity contribution is -0.0322. The molecule has 198 valence electrons. The van der Waals surface area contributed by atoms with E-state index in [1.54, 1.807) is 23.9 Å². The number of anilines is 2. The van der Waals surface area contributed by atoms with E-state index in [0.717, 1.165) is 83.9 Å². The van der Waals surface area contributed by atoms with Crippen molar-refractivity contribution in [3.8, 4) is 11.5 Å². The Bertz CT molecular complexity index is 1430. The maximum atomic E-state index is 6.06. The predicted octanol–water partition coefficient (Wildman–Crippen LogP) is 5.84. The van der Waals surface area contributed by atoms with Crippen LogP contribution in [0.3, 0.4) is 0 Å². The molecule has 5 heterocycles. The molecule has 0 aliphatic carbocycles. The van der Waals surface area contributed by atoms with Gasteiger partial charge in [-0.05, 0) is 68.1 Å². The van der Waals surface area contributed by atoms with Crippen LogP contribution in [-0.2, 0) is 11.3 Å². The molecule has 0 amide bonds. The summed E-state index contributed by atoms with van der Waals surface area (Å²) in [5, 5.41) is 4.74. The third kappa shape index (κ3) is 4.99. The Morgan fingerprint density at radius 1 is 1.08 bits per heavy atom. The van der Waals surface area contributed by atoms with Gasteiger partial charge < -0.3 is 14.8 Å². The summed E-state index contributed by atoms with van der Waals surface area (Å²) in [5.74, 6) is 2.80. The summed E-state index contributed by atoms with van der Waals surface area (Å²) in [6, 6.07) is 10.0. The number of ether oxygens (including phenoxy) is 2. The van der Waals surface area contributed by atoms with Gasteiger partial charge in [-0.15, -0.1) is 11.3 Å². The fraction of sp³-hybridized carbons (Fsp3) is 0.414. The molecule has 1 fully saturated rings. The number of rotatable bonds is 6. The molecule has 0 saturated carbocycles. The average Bonchev–Trinajstić information content (AvgIpc) is 3.31. The van der Waals surface area contributed by atoms with E-state index in [9.17, 15) is 0 Å². The number of pyridine rings is 1. The Kier molecular flexibility index (Phi) is 7.01. The van der Waals surface area contributed by atoms with Crippen molar-refractivity contribution in [1.82, 2.24) is 24.8 Å². The Labute approximate surface area is 227 Å². The first kappa shape index (κ1) is 25.2. The van der Waals surface area contributed by atoms with Gasteiger partial charge in [-0.25, -0.2) is 9.97 Å². The Morgan fingerprint density at radius 2 is 1.92 bits per heavy atom. The van der Waals surface area contributed by atoms with Crippen LogP contribution in [0.4, 0.5) is 11.5 Å². The lowest BCUT2D eigenvalue weighted by Gasteiger charge is -2.42. The van der Waals surface area contributed by atoms with Gasteiger partial charge in [0, 0.05) is 42.4 Å². The minimum Gasteiger partial charge on any atom is -0.455 e. The Balaban J connectivity index is 1.24. The third-order valence-corrected chi connectivity index (χ3v) is 8.70. The van der Waals surface area contributed by atoms with E-state index in [1.807, 2.05) is 31.2 Å². The molecule has 2 aliphatic rings. The van der Waals surface area contributed by atoms with Gasteiger partial charge in [0.2, 0.25) is 0 Å². The number of nitrogens with zero attached hydrogens (tertiary/aromatic N) is 5. The lowest BCUT2D eigenvalue weighted by atomic mass is 9.94. The fourth-order valence-corrected chi connectivity index (χ4v) is 6.80. The Morgan fingerprint density at radius 3 is 2.68 bits per heavy atom. The highest BCUT2D eigenvalue weighted by molar-refractivity contribution is 7.19. The zero-order valence-corrected chi connectivity index (χ0v) is 23.2. The van der Waals surface area contributed by atoms with Gasteiger partial charge >= 0.3 is 0 Å². The molecule has 8 nitrogen and oxygen atoms in total. The average molecular weight is 531 g/mol. The minimum atomic E-state index is 0.391. The summed E-state index contributed by atoms with van der Waals surface area (Å²) < 4.78 is 11.6. The van der Waals surface area contributed by atoms with Gasteiger partial charge in [0.15, 0.2) is 0 Å². The maximum absolute atomic E-state index is 6.06. The van der Waals surface area contributed by atoms with E-state index in [1.165, 1.54) is 10.4 Å². The highest BCUT2D eigenvalue weighted by Gasteiger charge is 2.33. The molecule has 0 spiro atoms. The van der Waals surface area contributed by atoms with Crippen LogP contribution in [0.5, 0.6) is 11.5 Å². The molecule has 38 heavy (non-hydrogen) atoms. The number of aromatic nitrogens is 3. The van der Waals surface area contributed by atoms with E-state index in [2.05, 4.69) is 56.9 Å². The predicted molar refractivity (Wildman–Crippen MR) is 152 cm³/mol. The second kappa shape index (κ2) is 10.6. The van der Waals surface area contributed by atoms with Crippen LogP contribution in [-0.4, -0.2) is 63.8 Å². The van der Waals surface area contributed by atoms with E-state index in [-0.39, 0.29) is 0 Å². The van der Waals surface area contributed by atoms with Crippen molar-refractivity contribution in [2.24, 2.45) is 0 Å². The number of thiophene rings is 1. The smallest absolute Gasteiger partial charge is 0.145 e. The number of hydrogen-bond acceptors (Lipinski definition) is 9. The van der Waals surface area contributed by atoms with Gasteiger partial charge in [0.25, 0.3) is 0 Å². The first-order valence-corrected chi connectivity index (χ1v) is 14.1. The van der Waals surface area contributed by atoms with Crippen molar-refractivity contribution >= 4 is 33.1 Å². The molecule has 1 aromatic carbocycles. The lowest BCUT2D eigenvalue weighted by Crippen LogP contribution is -2.52. The second-order valence-electron chi connectivity index (χ2n) is 10.3. The summed E-state index contributed by atoms with van der Waals surface area (Å²) in [6.45, 7) is 14.3. The monoisotopic (exact) mass is 530 g/mol. The van der Waals surface area contributed by atoms with Crippen LogP contribution in [0.1, 0.15) is 41.5 Å². The van der Waals surface area contributed by atoms with Gasteiger partial charge in [0.05, 0.1) is 31.0 Å². The highest BCUT2D eigenvalue weighted by Crippen LogP contribution is 2.43. The molecule has 1 unspecified atom stereocenters. The largest absolute Gasteiger partial charge is 0.455 e. The molecule has 6 rings (SSSR count). The van der Waals surface area contributed by atoms with Crippen LogP contribution in [0.25, 0.3) is 10.2 Å². The molecule has 0 bridgehead atoms.